The summed E-state index contributed by atoms with van der Waals surface area (Å²) >= 11 is 0. The molecule has 5 aliphatic carbocycles. The quantitative estimate of drug-likeness (QED) is 0.389. The largest absolute Gasteiger partial charge is 0.469 e. The first-order valence-corrected chi connectivity index (χ1v) is 14.4. The van der Waals surface area contributed by atoms with Crippen LogP contribution in [0.15, 0.2) is 0 Å². The molecule has 0 N–H and O–H groups in total. The van der Waals surface area contributed by atoms with Crippen LogP contribution >= 0.6 is 0 Å². The van der Waals surface area contributed by atoms with E-state index in [1.807, 2.05) is 0 Å². The summed E-state index contributed by atoms with van der Waals surface area (Å²) in [5.74, 6) is 2.32. The van der Waals surface area contributed by atoms with Gasteiger partial charge in [-0.2, -0.15) is 0 Å². The fourth-order valence-corrected chi connectivity index (χ4v) is 11.3. The molecule has 4 nitrogen and oxygen atoms in total. The van der Waals surface area contributed by atoms with E-state index in [1.54, 1.807) is 6.92 Å². The molecule has 0 aliphatic heterocycles. The fraction of sp³-hybridized carbons (Fsp3) is 0.903. The summed E-state index contributed by atoms with van der Waals surface area (Å²) in [5.41, 5.74) is 1.33. The van der Waals surface area contributed by atoms with Gasteiger partial charge in [0.2, 0.25) is 0 Å². The van der Waals surface area contributed by atoms with Gasteiger partial charge in [-0.25, -0.2) is 0 Å². The predicted molar refractivity (Wildman–Crippen MR) is 136 cm³/mol. The number of hydrogen-bond acceptors (Lipinski definition) is 4. The summed E-state index contributed by atoms with van der Waals surface area (Å²) < 4.78 is 4.83. The van der Waals surface area contributed by atoms with E-state index in [1.165, 1.54) is 52.1 Å². The predicted octanol–water partition coefficient (Wildman–Crippen LogP) is 6.79. The molecule has 0 heterocycles. The Bertz CT molecular complexity index is 936. The van der Waals surface area contributed by atoms with Crippen LogP contribution in [-0.4, -0.2) is 24.6 Å². The highest BCUT2D eigenvalue weighted by molar-refractivity contribution is 5.86. The number of hydrogen-bond donors (Lipinski definition) is 0. The molecule has 35 heavy (non-hydrogen) atoms. The standard InChI is InChI=1S/C31H48O4/c1-19(16-21(32)17-20(2)26(34)35-7)22-10-12-29(6)24-9-8-23-27(3,4)25(33)11-13-30(23)18-31(24,30)15-14-28(22,29)5/h19-20,22-24H,8-18H2,1-7H3/t19-,20-,22-,23+,24+,28-,29+,30-,31+/m1/s1. The van der Waals surface area contributed by atoms with Gasteiger partial charge in [0.05, 0.1) is 13.0 Å². The minimum absolute atomic E-state index is 0.150. The summed E-state index contributed by atoms with van der Waals surface area (Å²) in [6, 6.07) is 0. The van der Waals surface area contributed by atoms with Crippen LogP contribution in [0.1, 0.15) is 112 Å². The van der Waals surface area contributed by atoms with Crippen LogP contribution in [0, 0.1) is 56.7 Å². The molecule has 2 spiro atoms. The van der Waals surface area contributed by atoms with Gasteiger partial charge in [0.25, 0.3) is 0 Å². The Balaban J connectivity index is 1.34. The molecule has 5 fully saturated rings. The van der Waals surface area contributed by atoms with Crippen LogP contribution in [0.4, 0.5) is 0 Å². The molecular weight excluding hydrogens is 436 g/mol. The Labute approximate surface area is 212 Å². The van der Waals surface area contributed by atoms with Crippen LogP contribution in [0.25, 0.3) is 0 Å². The summed E-state index contributed by atoms with van der Waals surface area (Å²) in [6.07, 6.45) is 11.8. The van der Waals surface area contributed by atoms with Gasteiger partial charge in [-0.3, -0.25) is 14.4 Å². The van der Waals surface area contributed by atoms with Gasteiger partial charge in [0, 0.05) is 24.7 Å². The van der Waals surface area contributed by atoms with Crippen LogP contribution in [0.3, 0.4) is 0 Å². The Morgan fingerprint density at radius 1 is 0.886 bits per heavy atom. The van der Waals surface area contributed by atoms with Crippen molar-refractivity contribution < 1.29 is 19.1 Å². The SMILES string of the molecule is COC(=O)[C@H](C)CC(=O)C[C@@H](C)[C@H]1CC[C@@]2(C)[C@@H]3CC[C@H]4C(C)(C)C(=O)CC[C@@]45C[C@@]35CC[C@]12C. The lowest BCUT2D eigenvalue weighted by molar-refractivity contribution is -0.157. The van der Waals surface area contributed by atoms with Crippen molar-refractivity contribution in [3.63, 3.8) is 0 Å². The zero-order valence-corrected chi connectivity index (χ0v) is 23.3. The van der Waals surface area contributed by atoms with Crippen LogP contribution in [-0.2, 0) is 19.1 Å². The molecule has 0 aromatic heterocycles. The first-order chi connectivity index (χ1) is 16.3. The average molecular weight is 485 g/mol. The molecule has 5 saturated carbocycles. The van der Waals surface area contributed by atoms with Crippen molar-refractivity contribution in [1.29, 1.82) is 0 Å². The highest BCUT2D eigenvalue weighted by atomic mass is 16.5. The lowest BCUT2D eigenvalue weighted by Crippen LogP contribution is -2.57. The summed E-state index contributed by atoms with van der Waals surface area (Å²) in [7, 11) is 1.39. The van der Waals surface area contributed by atoms with Crippen LogP contribution in [0.2, 0.25) is 0 Å². The van der Waals surface area contributed by atoms with Gasteiger partial charge in [0.1, 0.15) is 11.6 Å². The molecule has 0 radical (unpaired) electrons. The number of esters is 1. The van der Waals surface area contributed by atoms with E-state index in [9.17, 15) is 14.4 Å². The number of fused-ring (bicyclic) bond motifs is 2. The maximum atomic E-state index is 12.9. The van der Waals surface area contributed by atoms with E-state index in [0.717, 1.165) is 18.8 Å². The van der Waals surface area contributed by atoms with Gasteiger partial charge in [0.15, 0.2) is 0 Å². The van der Waals surface area contributed by atoms with Crippen molar-refractivity contribution in [1.82, 2.24) is 0 Å². The molecule has 0 bridgehead atoms. The minimum Gasteiger partial charge on any atom is -0.469 e. The molecule has 0 amide bonds. The Morgan fingerprint density at radius 2 is 1.54 bits per heavy atom. The lowest BCUT2D eigenvalue weighted by atomic mass is 9.42. The van der Waals surface area contributed by atoms with Crippen molar-refractivity contribution in [2.45, 2.75) is 112 Å². The first kappa shape index (κ1) is 25.5. The Morgan fingerprint density at radius 3 is 2.23 bits per heavy atom. The van der Waals surface area contributed by atoms with E-state index in [-0.39, 0.29) is 28.5 Å². The molecule has 0 aromatic carbocycles. The maximum absolute atomic E-state index is 12.9. The number of carbonyl (C=O) groups is 3. The molecule has 5 aliphatic rings. The van der Waals surface area contributed by atoms with Crippen molar-refractivity contribution in [3.8, 4) is 0 Å². The van der Waals surface area contributed by atoms with Gasteiger partial charge < -0.3 is 4.74 Å². The van der Waals surface area contributed by atoms with Gasteiger partial charge in [-0.15, -0.1) is 0 Å². The molecule has 0 aromatic rings. The van der Waals surface area contributed by atoms with E-state index in [2.05, 4.69) is 34.6 Å². The van der Waals surface area contributed by atoms with E-state index in [4.69, 9.17) is 4.74 Å². The molecule has 0 unspecified atom stereocenters. The second-order valence-electron chi connectivity index (χ2n) is 14.6. The average Bonchev–Trinajstić information content (AvgIpc) is 3.38. The number of methoxy groups -OCH3 is 1. The zero-order valence-electron chi connectivity index (χ0n) is 23.3. The normalized spacial score (nSPS) is 46.9. The molecule has 4 heteroatoms. The third kappa shape index (κ3) is 3.19. The topological polar surface area (TPSA) is 60.4 Å². The number of ether oxygens (including phenoxy) is 1. The number of Topliss-reactive ketones (excluding diaryl/α,β-unsaturated/α-hetero) is 2. The molecule has 196 valence electrons. The van der Waals surface area contributed by atoms with Crippen molar-refractivity contribution in [2.75, 3.05) is 7.11 Å². The third-order valence-electron chi connectivity index (χ3n) is 13.3. The van der Waals surface area contributed by atoms with Crippen molar-refractivity contribution in [2.24, 2.45) is 56.7 Å². The van der Waals surface area contributed by atoms with Crippen molar-refractivity contribution in [3.05, 3.63) is 0 Å². The Kier molecular flexibility index (Phi) is 5.75. The summed E-state index contributed by atoms with van der Waals surface area (Å²) in [6.45, 7) is 13.7. The van der Waals surface area contributed by atoms with Gasteiger partial charge in [-0.1, -0.05) is 41.5 Å². The van der Waals surface area contributed by atoms with Gasteiger partial charge >= 0.3 is 5.97 Å². The maximum Gasteiger partial charge on any atom is 0.308 e. The highest BCUT2D eigenvalue weighted by Crippen LogP contribution is 2.88. The third-order valence-corrected chi connectivity index (χ3v) is 13.3. The molecular formula is C31H48O4. The van der Waals surface area contributed by atoms with E-state index in [0.29, 0.717) is 52.6 Å². The highest BCUT2D eigenvalue weighted by Gasteiger charge is 2.82. The summed E-state index contributed by atoms with van der Waals surface area (Å²) in [5, 5.41) is 0. The first-order valence-electron chi connectivity index (χ1n) is 14.4. The van der Waals surface area contributed by atoms with Crippen LogP contribution in [0.5, 0.6) is 0 Å². The smallest absolute Gasteiger partial charge is 0.308 e. The number of ketones is 2. The molecule has 0 saturated heterocycles. The van der Waals surface area contributed by atoms with E-state index >= 15 is 0 Å². The molecule has 5 rings (SSSR count). The van der Waals surface area contributed by atoms with Crippen LogP contribution < -0.4 is 0 Å². The van der Waals surface area contributed by atoms with E-state index < -0.39 is 0 Å². The van der Waals surface area contributed by atoms with Crippen molar-refractivity contribution >= 4 is 17.5 Å². The Hall–Kier alpha value is -1.19. The second kappa shape index (κ2) is 7.90. The fourth-order valence-electron chi connectivity index (χ4n) is 11.3. The lowest BCUT2D eigenvalue weighted by Gasteiger charge is -2.62. The summed E-state index contributed by atoms with van der Waals surface area (Å²) in [4.78, 5) is 37.5. The zero-order chi connectivity index (χ0) is 25.6. The minimum atomic E-state index is -0.355. The second-order valence-corrected chi connectivity index (χ2v) is 14.6. The molecule has 9 atom stereocenters. The van der Waals surface area contributed by atoms with Gasteiger partial charge in [-0.05, 0) is 96.7 Å². The number of rotatable bonds is 6. The monoisotopic (exact) mass is 484 g/mol. The number of carbonyl (C=O) groups excluding carboxylic acids is 3.